The van der Waals surface area contributed by atoms with E-state index in [1.54, 1.807) is 0 Å². The van der Waals surface area contributed by atoms with Crippen LogP contribution in [0.15, 0.2) is 6.07 Å². The molecule has 1 aliphatic carbocycles. The highest BCUT2D eigenvalue weighted by molar-refractivity contribution is 7.80. The van der Waals surface area contributed by atoms with Crippen molar-refractivity contribution in [2.24, 2.45) is 5.73 Å². The van der Waals surface area contributed by atoms with Crippen molar-refractivity contribution in [3.8, 4) is 0 Å². The third-order valence-corrected chi connectivity index (χ3v) is 4.05. The van der Waals surface area contributed by atoms with Crippen LogP contribution < -0.4 is 10.6 Å². The molecule has 1 aromatic rings. The van der Waals surface area contributed by atoms with Crippen molar-refractivity contribution in [1.29, 1.82) is 0 Å². The quantitative estimate of drug-likeness (QED) is 0.817. The summed E-state index contributed by atoms with van der Waals surface area (Å²) in [5.41, 5.74) is 9.50. The molecule has 0 saturated carbocycles. The highest BCUT2D eigenvalue weighted by Gasteiger charge is 2.19. The van der Waals surface area contributed by atoms with Gasteiger partial charge in [0, 0.05) is 18.8 Å². The molecule has 2 rings (SSSR count). The van der Waals surface area contributed by atoms with Crippen molar-refractivity contribution in [2.75, 3.05) is 18.0 Å². The van der Waals surface area contributed by atoms with Crippen molar-refractivity contribution in [1.82, 2.24) is 4.98 Å². The molecule has 20 heavy (non-hydrogen) atoms. The number of pyridine rings is 1. The van der Waals surface area contributed by atoms with Gasteiger partial charge in [0.2, 0.25) is 0 Å². The highest BCUT2D eigenvalue weighted by atomic mass is 32.1. The Hall–Kier alpha value is -1.16. The first-order chi connectivity index (χ1) is 9.67. The van der Waals surface area contributed by atoms with Crippen LogP contribution in [0.1, 0.15) is 56.4 Å². The number of rotatable bonds is 6. The average molecular weight is 291 g/mol. The first-order valence-electron chi connectivity index (χ1n) is 7.74. The summed E-state index contributed by atoms with van der Waals surface area (Å²) in [6.07, 6.45) is 6.91. The molecule has 1 aliphatic rings. The van der Waals surface area contributed by atoms with E-state index in [1.165, 1.54) is 24.1 Å². The Labute approximate surface area is 127 Å². The molecular weight excluding hydrogens is 266 g/mol. The molecule has 2 N–H and O–H groups in total. The molecule has 0 atom stereocenters. The van der Waals surface area contributed by atoms with Gasteiger partial charge in [0.05, 0.1) is 5.56 Å². The summed E-state index contributed by atoms with van der Waals surface area (Å²) < 4.78 is 0. The molecule has 1 heterocycles. The lowest BCUT2D eigenvalue weighted by molar-refractivity contribution is 0.660. The van der Waals surface area contributed by atoms with E-state index in [-0.39, 0.29) is 0 Å². The Morgan fingerprint density at radius 1 is 1.25 bits per heavy atom. The fourth-order valence-electron chi connectivity index (χ4n) is 2.91. The first kappa shape index (κ1) is 15.2. The summed E-state index contributed by atoms with van der Waals surface area (Å²) in [5, 5.41) is 0. The minimum atomic E-state index is 0.470. The molecule has 0 bridgehead atoms. The van der Waals surface area contributed by atoms with E-state index in [1.807, 2.05) is 0 Å². The zero-order valence-electron chi connectivity index (χ0n) is 12.6. The molecule has 1 aromatic heterocycles. The second-order valence-corrected chi connectivity index (χ2v) is 5.96. The molecule has 0 amide bonds. The molecule has 0 spiro atoms. The maximum Gasteiger partial charge on any atom is 0.139 e. The summed E-state index contributed by atoms with van der Waals surface area (Å²) >= 11 is 5.25. The summed E-state index contributed by atoms with van der Waals surface area (Å²) in [7, 11) is 0. The number of aromatic nitrogens is 1. The molecule has 0 unspecified atom stereocenters. The van der Waals surface area contributed by atoms with Gasteiger partial charge in [-0.05, 0) is 50.2 Å². The average Bonchev–Trinajstić information content (AvgIpc) is 2.45. The van der Waals surface area contributed by atoms with Crippen LogP contribution >= 0.6 is 12.2 Å². The van der Waals surface area contributed by atoms with Crippen molar-refractivity contribution in [2.45, 2.75) is 52.4 Å². The van der Waals surface area contributed by atoms with Gasteiger partial charge in [0.1, 0.15) is 10.8 Å². The standard InChI is InChI=1S/C16H25N3S/c1-3-9-19(10-4-2)16-13(15(17)20)11-12-7-5-6-8-14(12)18-16/h11H,3-10H2,1-2H3,(H2,17,20). The lowest BCUT2D eigenvalue weighted by atomic mass is 9.94. The van der Waals surface area contributed by atoms with E-state index in [0.717, 1.165) is 50.2 Å². The Morgan fingerprint density at radius 3 is 2.50 bits per heavy atom. The van der Waals surface area contributed by atoms with Crippen LogP contribution in [-0.2, 0) is 12.8 Å². The Morgan fingerprint density at radius 2 is 1.90 bits per heavy atom. The molecule has 0 radical (unpaired) electrons. The molecule has 110 valence electrons. The van der Waals surface area contributed by atoms with Crippen LogP contribution in [0.2, 0.25) is 0 Å². The SMILES string of the molecule is CCCN(CCC)c1nc2c(cc1C(N)=S)CCCC2. The predicted molar refractivity (Wildman–Crippen MR) is 89.6 cm³/mol. The molecular formula is C16H25N3S. The normalized spacial score (nSPS) is 13.9. The Balaban J connectivity index is 2.45. The van der Waals surface area contributed by atoms with Crippen LogP contribution in [0.25, 0.3) is 0 Å². The summed E-state index contributed by atoms with van der Waals surface area (Å²) in [6, 6.07) is 2.19. The van der Waals surface area contributed by atoms with Crippen LogP contribution in [0.5, 0.6) is 0 Å². The van der Waals surface area contributed by atoms with Crippen LogP contribution in [0.4, 0.5) is 5.82 Å². The minimum absolute atomic E-state index is 0.470. The number of thiocarbonyl (C=S) groups is 1. The maximum atomic E-state index is 5.94. The zero-order valence-corrected chi connectivity index (χ0v) is 13.4. The number of anilines is 1. The van der Waals surface area contributed by atoms with E-state index in [2.05, 4.69) is 24.8 Å². The number of aryl methyl sites for hydroxylation is 2. The van der Waals surface area contributed by atoms with Gasteiger partial charge in [-0.3, -0.25) is 0 Å². The third kappa shape index (κ3) is 3.29. The van der Waals surface area contributed by atoms with Crippen LogP contribution in [-0.4, -0.2) is 23.1 Å². The van der Waals surface area contributed by atoms with Gasteiger partial charge in [0.25, 0.3) is 0 Å². The molecule has 4 heteroatoms. The van der Waals surface area contributed by atoms with E-state index in [9.17, 15) is 0 Å². The lowest BCUT2D eigenvalue weighted by Crippen LogP contribution is -2.30. The number of nitrogens with two attached hydrogens (primary N) is 1. The van der Waals surface area contributed by atoms with Gasteiger partial charge in [-0.15, -0.1) is 0 Å². The Kier molecular flexibility index (Phi) is 5.35. The van der Waals surface area contributed by atoms with Crippen molar-refractivity contribution in [3.63, 3.8) is 0 Å². The Bertz CT molecular complexity index is 479. The van der Waals surface area contributed by atoms with E-state index in [0.29, 0.717) is 4.99 Å². The molecule has 0 fully saturated rings. The second kappa shape index (κ2) is 7.02. The van der Waals surface area contributed by atoms with Crippen LogP contribution in [0.3, 0.4) is 0 Å². The smallest absolute Gasteiger partial charge is 0.139 e. The monoisotopic (exact) mass is 291 g/mol. The van der Waals surface area contributed by atoms with Gasteiger partial charge in [-0.1, -0.05) is 26.1 Å². The van der Waals surface area contributed by atoms with Gasteiger partial charge >= 0.3 is 0 Å². The topological polar surface area (TPSA) is 42.2 Å². The van der Waals surface area contributed by atoms with Crippen LogP contribution in [0, 0.1) is 0 Å². The minimum Gasteiger partial charge on any atom is -0.389 e. The molecule has 0 saturated heterocycles. The third-order valence-electron chi connectivity index (χ3n) is 3.83. The van der Waals surface area contributed by atoms with E-state index in [4.69, 9.17) is 22.9 Å². The summed E-state index contributed by atoms with van der Waals surface area (Å²) in [6.45, 7) is 6.41. The lowest BCUT2D eigenvalue weighted by Gasteiger charge is -2.27. The maximum absolute atomic E-state index is 5.94. The fraction of sp³-hybridized carbons (Fsp3) is 0.625. The number of nitrogens with zero attached hydrogens (tertiary/aromatic N) is 2. The van der Waals surface area contributed by atoms with Crippen molar-refractivity contribution < 1.29 is 0 Å². The van der Waals surface area contributed by atoms with E-state index < -0.39 is 0 Å². The fourth-order valence-corrected chi connectivity index (χ4v) is 3.06. The van der Waals surface area contributed by atoms with E-state index >= 15 is 0 Å². The molecule has 0 aromatic carbocycles. The van der Waals surface area contributed by atoms with Gasteiger partial charge in [-0.2, -0.15) is 0 Å². The second-order valence-electron chi connectivity index (χ2n) is 5.52. The van der Waals surface area contributed by atoms with Crippen molar-refractivity contribution in [3.05, 3.63) is 22.9 Å². The molecule has 3 nitrogen and oxygen atoms in total. The number of hydrogen-bond acceptors (Lipinski definition) is 3. The summed E-state index contributed by atoms with van der Waals surface area (Å²) in [5.74, 6) is 1.00. The summed E-state index contributed by atoms with van der Waals surface area (Å²) in [4.78, 5) is 7.74. The number of fused-ring (bicyclic) bond motifs is 1. The van der Waals surface area contributed by atoms with Crippen molar-refractivity contribution >= 4 is 23.0 Å². The zero-order chi connectivity index (χ0) is 14.5. The highest BCUT2D eigenvalue weighted by Crippen LogP contribution is 2.27. The predicted octanol–water partition coefficient (Wildman–Crippen LogP) is 3.22. The molecule has 0 aliphatic heterocycles. The van der Waals surface area contributed by atoms with Gasteiger partial charge < -0.3 is 10.6 Å². The first-order valence-corrected chi connectivity index (χ1v) is 8.15. The van der Waals surface area contributed by atoms with Gasteiger partial charge in [-0.25, -0.2) is 4.98 Å². The largest absolute Gasteiger partial charge is 0.389 e. The number of hydrogen-bond donors (Lipinski definition) is 1. The van der Waals surface area contributed by atoms with Gasteiger partial charge in [0.15, 0.2) is 0 Å².